The van der Waals surface area contributed by atoms with Crippen molar-refractivity contribution in [3.63, 3.8) is 0 Å². The predicted molar refractivity (Wildman–Crippen MR) is 53.2 cm³/mol. The van der Waals surface area contributed by atoms with Crippen LogP contribution in [0.25, 0.3) is 0 Å². The maximum atomic E-state index is 11.4. The summed E-state index contributed by atoms with van der Waals surface area (Å²) >= 11 is 0. The molecule has 0 saturated carbocycles. The van der Waals surface area contributed by atoms with Crippen LogP contribution in [0.2, 0.25) is 0 Å². The molecule has 1 N–H and O–H groups in total. The standard InChI is InChI=1S/C11H12O5/c1-6(5-12)10(13)16-9-7-3-2-4-8(7)15-11(9)14/h2,4,7-9,12H,1,3,5H2. The van der Waals surface area contributed by atoms with Crippen molar-refractivity contribution in [2.75, 3.05) is 6.61 Å². The number of hydrogen-bond acceptors (Lipinski definition) is 5. The fraction of sp³-hybridized carbons (Fsp3) is 0.455. The maximum Gasteiger partial charge on any atom is 0.348 e. The molecule has 1 heterocycles. The average molecular weight is 224 g/mol. The molecule has 1 aliphatic carbocycles. The number of rotatable bonds is 3. The van der Waals surface area contributed by atoms with Crippen LogP contribution in [0.3, 0.4) is 0 Å². The van der Waals surface area contributed by atoms with Gasteiger partial charge in [-0.15, -0.1) is 0 Å². The van der Waals surface area contributed by atoms with E-state index in [1.807, 2.05) is 6.08 Å². The highest BCUT2D eigenvalue weighted by atomic mass is 16.6. The lowest BCUT2D eigenvalue weighted by atomic mass is 10.0. The second-order valence-electron chi connectivity index (χ2n) is 3.82. The quantitative estimate of drug-likeness (QED) is 0.413. The molecular weight excluding hydrogens is 212 g/mol. The summed E-state index contributed by atoms with van der Waals surface area (Å²) in [5.74, 6) is -1.42. The van der Waals surface area contributed by atoms with Gasteiger partial charge in [0.2, 0.25) is 6.10 Å². The fourth-order valence-electron chi connectivity index (χ4n) is 1.84. The Morgan fingerprint density at radius 1 is 1.69 bits per heavy atom. The predicted octanol–water partition coefficient (Wildman–Crippen LogP) is -0.0518. The van der Waals surface area contributed by atoms with Crippen molar-refractivity contribution in [2.45, 2.75) is 18.6 Å². The Morgan fingerprint density at radius 3 is 3.12 bits per heavy atom. The zero-order valence-electron chi connectivity index (χ0n) is 8.59. The first-order valence-corrected chi connectivity index (χ1v) is 5.00. The van der Waals surface area contributed by atoms with Gasteiger partial charge in [0.05, 0.1) is 18.1 Å². The summed E-state index contributed by atoms with van der Waals surface area (Å²) in [4.78, 5) is 22.8. The number of fused-ring (bicyclic) bond motifs is 1. The Balaban J connectivity index is 2.02. The molecule has 86 valence electrons. The molecule has 0 radical (unpaired) electrons. The van der Waals surface area contributed by atoms with Gasteiger partial charge in [-0.3, -0.25) is 0 Å². The number of carbonyl (C=O) groups is 2. The number of aliphatic hydroxyl groups is 1. The molecule has 5 nitrogen and oxygen atoms in total. The smallest absolute Gasteiger partial charge is 0.348 e. The largest absolute Gasteiger partial charge is 0.455 e. The van der Waals surface area contributed by atoms with Crippen LogP contribution in [0.1, 0.15) is 6.42 Å². The molecule has 1 fully saturated rings. The van der Waals surface area contributed by atoms with Crippen LogP contribution >= 0.6 is 0 Å². The number of aliphatic hydroxyl groups excluding tert-OH is 1. The zero-order valence-corrected chi connectivity index (χ0v) is 8.59. The SMILES string of the molecule is C=C(CO)C(=O)OC1C(=O)OC2C=CCC21. The molecule has 1 aliphatic heterocycles. The van der Waals surface area contributed by atoms with Crippen LogP contribution in [0.5, 0.6) is 0 Å². The van der Waals surface area contributed by atoms with Crippen LogP contribution < -0.4 is 0 Å². The molecule has 16 heavy (non-hydrogen) atoms. The maximum absolute atomic E-state index is 11.4. The van der Waals surface area contributed by atoms with Crippen LogP contribution in [-0.2, 0) is 19.1 Å². The van der Waals surface area contributed by atoms with E-state index in [2.05, 4.69) is 6.58 Å². The Bertz CT molecular complexity index is 371. The first kappa shape index (κ1) is 10.9. The van der Waals surface area contributed by atoms with Crippen LogP contribution in [0.4, 0.5) is 0 Å². The van der Waals surface area contributed by atoms with Gasteiger partial charge < -0.3 is 14.6 Å². The lowest BCUT2D eigenvalue weighted by Crippen LogP contribution is -2.30. The number of ether oxygens (including phenoxy) is 2. The Kier molecular flexibility index (Phi) is 2.78. The van der Waals surface area contributed by atoms with E-state index in [0.717, 1.165) is 0 Å². The Labute approximate surface area is 92.3 Å². The normalized spacial score (nSPS) is 31.1. The molecule has 0 aromatic heterocycles. The zero-order chi connectivity index (χ0) is 11.7. The highest BCUT2D eigenvalue weighted by Gasteiger charge is 2.47. The summed E-state index contributed by atoms with van der Waals surface area (Å²) < 4.78 is 9.99. The molecule has 1 saturated heterocycles. The summed E-state index contributed by atoms with van der Waals surface area (Å²) in [7, 11) is 0. The van der Waals surface area contributed by atoms with Gasteiger partial charge in [0.15, 0.2) is 0 Å². The van der Waals surface area contributed by atoms with Gasteiger partial charge in [-0.1, -0.05) is 12.7 Å². The second kappa shape index (κ2) is 4.09. The van der Waals surface area contributed by atoms with Crippen molar-refractivity contribution in [3.8, 4) is 0 Å². The summed E-state index contributed by atoms with van der Waals surface area (Å²) in [6.07, 6.45) is 3.17. The molecular formula is C11H12O5. The van der Waals surface area contributed by atoms with Crippen LogP contribution in [-0.4, -0.2) is 35.9 Å². The molecule has 0 spiro atoms. The van der Waals surface area contributed by atoms with Gasteiger partial charge in [-0.25, -0.2) is 9.59 Å². The summed E-state index contributed by atoms with van der Waals surface area (Å²) in [5.41, 5.74) is -0.0674. The number of allylic oxidation sites excluding steroid dienone is 1. The van der Waals surface area contributed by atoms with Gasteiger partial charge in [0, 0.05) is 0 Å². The monoisotopic (exact) mass is 224 g/mol. The van der Waals surface area contributed by atoms with E-state index >= 15 is 0 Å². The average Bonchev–Trinajstić information content (AvgIpc) is 2.81. The van der Waals surface area contributed by atoms with Gasteiger partial charge in [0.1, 0.15) is 6.10 Å². The van der Waals surface area contributed by atoms with E-state index in [9.17, 15) is 9.59 Å². The van der Waals surface area contributed by atoms with Gasteiger partial charge in [-0.05, 0) is 12.5 Å². The molecule has 0 aromatic carbocycles. The van der Waals surface area contributed by atoms with Crippen molar-refractivity contribution in [3.05, 3.63) is 24.3 Å². The molecule has 2 rings (SSSR count). The van der Waals surface area contributed by atoms with Crippen molar-refractivity contribution < 1.29 is 24.2 Å². The first-order chi connectivity index (χ1) is 7.63. The molecule has 3 unspecified atom stereocenters. The number of esters is 2. The number of carbonyl (C=O) groups excluding carboxylic acids is 2. The lowest BCUT2D eigenvalue weighted by Gasteiger charge is -2.14. The molecule has 0 amide bonds. The Morgan fingerprint density at radius 2 is 2.44 bits per heavy atom. The summed E-state index contributed by atoms with van der Waals surface area (Å²) in [6.45, 7) is 2.85. The van der Waals surface area contributed by atoms with Crippen molar-refractivity contribution >= 4 is 11.9 Å². The van der Waals surface area contributed by atoms with E-state index in [1.54, 1.807) is 6.08 Å². The van der Waals surface area contributed by atoms with Crippen molar-refractivity contribution in [2.24, 2.45) is 5.92 Å². The van der Waals surface area contributed by atoms with E-state index in [0.29, 0.717) is 6.42 Å². The minimum atomic E-state index is -0.879. The fourth-order valence-corrected chi connectivity index (χ4v) is 1.84. The third-order valence-electron chi connectivity index (χ3n) is 2.74. The molecule has 0 aromatic rings. The third kappa shape index (κ3) is 1.74. The topological polar surface area (TPSA) is 72.8 Å². The number of hydrogen-bond donors (Lipinski definition) is 1. The van der Waals surface area contributed by atoms with Crippen molar-refractivity contribution in [1.29, 1.82) is 0 Å². The molecule has 0 bridgehead atoms. The van der Waals surface area contributed by atoms with E-state index in [1.165, 1.54) is 0 Å². The van der Waals surface area contributed by atoms with E-state index < -0.39 is 24.6 Å². The second-order valence-corrected chi connectivity index (χ2v) is 3.82. The summed E-state index contributed by atoms with van der Waals surface area (Å²) in [5, 5.41) is 8.70. The molecule has 5 heteroatoms. The molecule has 2 aliphatic rings. The highest BCUT2D eigenvalue weighted by molar-refractivity contribution is 5.90. The lowest BCUT2D eigenvalue weighted by molar-refractivity contribution is -0.159. The minimum absolute atomic E-state index is 0.0674. The van der Waals surface area contributed by atoms with Gasteiger partial charge in [-0.2, -0.15) is 0 Å². The van der Waals surface area contributed by atoms with Gasteiger partial charge in [0.25, 0.3) is 0 Å². The Hall–Kier alpha value is -1.62. The van der Waals surface area contributed by atoms with Crippen molar-refractivity contribution in [1.82, 2.24) is 0 Å². The summed E-state index contributed by atoms with van der Waals surface area (Å²) in [6, 6.07) is 0. The van der Waals surface area contributed by atoms with Gasteiger partial charge >= 0.3 is 11.9 Å². The molecule has 3 atom stereocenters. The van der Waals surface area contributed by atoms with Crippen LogP contribution in [0, 0.1) is 5.92 Å². The highest BCUT2D eigenvalue weighted by Crippen LogP contribution is 2.33. The third-order valence-corrected chi connectivity index (χ3v) is 2.74. The van der Waals surface area contributed by atoms with E-state index in [-0.39, 0.29) is 17.6 Å². The minimum Gasteiger partial charge on any atom is -0.455 e. The van der Waals surface area contributed by atoms with Crippen LogP contribution in [0.15, 0.2) is 24.3 Å². The first-order valence-electron chi connectivity index (χ1n) is 5.00. The van der Waals surface area contributed by atoms with E-state index in [4.69, 9.17) is 14.6 Å².